The van der Waals surface area contributed by atoms with Gasteiger partial charge in [-0.1, -0.05) is 36.4 Å². The van der Waals surface area contributed by atoms with Crippen molar-refractivity contribution in [2.45, 2.75) is 19.4 Å². The third-order valence-corrected chi connectivity index (χ3v) is 3.47. The van der Waals surface area contributed by atoms with Crippen molar-refractivity contribution in [2.75, 3.05) is 13.6 Å². The Morgan fingerprint density at radius 3 is 2.50 bits per heavy atom. The van der Waals surface area contributed by atoms with Gasteiger partial charge >= 0.3 is 0 Å². The minimum absolute atomic E-state index is 0. The zero-order valence-electron chi connectivity index (χ0n) is 13.6. The first kappa shape index (κ1) is 20.2. The van der Waals surface area contributed by atoms with Gasteiger partial charge in [0, 0.05) is 20.1 Å². The molecule has 2 aromatic carbocycles. The molecule has 3 N–H and O–H groups in total. The fraction of sp³-hybridized carbons (Fsp3) is 0.278. The molecular formula is C18H23FIN3O. The van der Waals surface area contributed by atoms with Gasteiger partial charge in [-0.15, -0.1) is 24.0 Å². The number of benzene rings is 2. The molecule has 0 aliphatic heterocycles. The molecule has 0 aromatic heterocycles. The molecule has 0 aliphatic rings. The van der Waals surface area contributed by atoms with E-state index in [2.05, 4.69) is 27.8 Å². The van der Waals surface area contributed by atoms with Gasteiger partial charge in [-0.3, -0.25) is 4.99 Å². The Balaban J connectivity index is 0.00000288. The van der Waals surface area contributed by atoms with E-state index in [1.165, 1.54) is 17.7 Å². The van der Waals surface area contributed by atoms with E-state index in [0.29, 0.717) is 12.5 Å². The summed E-state index contributed by atoms with van der Waals surface area (Å²) < 4.78 is 13.3. The van der Waals surface area contributed by atoms with Crippen molar-refractivity contribution in [3.63, 3.8) is 0 Å². The quantitative estimate of drug-likeness (QED) is 0.278. The van der Waals surface area contributed by atoms with E-state index in [9.17, 15) is 9.50 Å². The van der Waals surface area contributed by atoms with Gasteiger partial charge in [-0.25, -0.2) is 4.39 Å². The number of guanidine groups is 1. The van der Waals surface area contributed by atoms with Crippen LogP contribution in [-0.4, -0.2) is 24.7 Å². The first-order chi connectivity index (χ1) is 11.2. The molecule has 6 heteroatoms. The lowest BCUT2D eigenvalue weighted by atomic mass is 10.1. The molecule has 0 saturated heterocycles. The first-order valence-corrected chi connectivity index (χ1v) is 7.65. The van der Waals surface area contributed by atoms with Crippen LogP contribution in [-0.2, 0) is 13.0 Å². The van der Waals surface area contributed by atoms with Crippen LogP contribution in [0.25, 0.3) is 0 Å². The van der Waals surface area contributed by atoms with E-state index in [1.807, 2.05) is 18.2 Å². The Kier molecular flexibility index (Phi) is 9.14. The molecule has 0 heterocycles. The topological polar surface area (TPSA) is 56.7 Å². The van der Waals surface area contributed by atoms with Crippen molar-refractivity contribution in [3.05, 3.63) is 65.5 Å². The second kappa shape index (κ2) is 10.9. The van der Waals surface area contributed by atoms with Gasteiger partial charge in [0.15, 0.2) is 17.5 Å². The minimum Gasteiger partial charge on any atom is -0.505 e. The number of hydrogen-bond acceptors (Lipinski definition) is 2. The number of aryl methyl sites for hydroxylation is 1. The van der Waals surface area contributed by atoms with Crippen LogP contribution in [0.3, 0.4) is 0 Å². The molecule has 0 amide bonds. The van der Waals surface area contributed by atoms with Crippen molar-refractivity contribution in [1.29, 1.82) is 0 Å². The molecule has 0 atom stereocenters. The van der Waals surface area contributed by atoms with E-state index in [-0.39, 0.29) is 29.7 Å². The maximum atomic E-state index is 13.3. The molecule has 0 aliphatic carbocycles. The Bertz CT molecular complexity index is 650. The van der Waals surface area contributed by atoms with Gasteiger partial charge in [0.25, 0.3) is 0 Å². The standard InChI is InChI=1S/C18H22FN3O.HI/c1-20-18(21-11-5-8-14-6-3-2-4-7-14)22-13-15-9-10-17(23)16(19)12-15;/h2-4,6-7,9-10,12,23H,5,8,11,13H2,1H3,(H2,20,21,22);1H. The SMILES string of the molecule is CN=C(NCCCc1ccccc1)NCc1ccc(O)c(F)c1.I. The van der Waals surface area contributed by atoms with Crippen LogP contribution < -0.4 is 10.6 Å². The van der Waals surface area contributed by atoms with Crippen LogP contribution in [0.1, 0.15) is 17.5 Å². The van der Waals surface area contributed by atoms with Gasteiger partial charge in [-0.2, -0.15) is 0 Å². The summed E-state index contributed by atoms with van der Waals surface area (Å²) in [5.74, 6) is -0.279. The third kappa shape index (κ3) is 6.74. The van der Waals surface area contributed by atoms with Crippen LogP contribution in [0, 0.1) is 5.82 Å². The van der Waals surface area contributed by atoms with E-state index < -0.39 is 5.82 Å². The molecule has 2 aromatic rings. The molecule has 0 fully saturated rings. The maximum absolute atomic E-state index is 13.3. The minimum atomic E-state index is -0.616. The number of nitrogens with one attached hydrogen (secondary N) is 2. The van der Waals surface area contributed by atoms with Gasteiger partial charge in [0.05, 0.1) is 0 Å². The zero-order chi connectivity index (χ0) is 16.5. The number of rotatable bonds is 6. The average Bonchev–Trinajstić information content (AvgIpc) is 2.58. The summed E-state index contributed by atoms with van der Waals surface area (Å²) in [5, 5.41) is 15.5. The summed E-state index contributed by atoms with van der Waals surface area (Å²) in [6.45, 7) is 1.24. The Morgan fingerprint density at radius 2 is 1.83 bits per heavy atom. The molecule has 24 heavy (non-hydrogen) atoms. The van der Waals surface area contributed by atoms with Crippen molar-refractivity contribution in [1.82, 2.24) is 10.6 Å². The highest BCUT2D eigenvalue weighted by Gasteiger charge is 2.03. The number of nitrogens with zero attached hydrogens (tertiary/aromatic N) is 1. The number of aromatic hydroxyl groups is 1. The lowest BCUT2D eigenvalue weighted by Gasteiger charge is -2.12. The van der Waals surface area contributed by atoms with Gasteiger partial charge < -0.3 is 15.7 Å². The predicted molar refractivity (Wildman–Crippen MR) is 106 cm³/mol. The average molecular weight is 443 g/mol. The second-order valence-electron chi connectivity index (χ2n) is 5.23. The molecule has 0 bridgehead atoms. The summed E-state index contributed by atoms with van der Waals surface area (Å²) in [6.07, 6.45) is 2.01. The molecule has 4 nitrogen and oxygen atoms in total. The largest absolute Gasteiger partial charge is 0.505 e. The number of phenolic OH excluding ortho intramolecular Hbond substituents is 1. The predicted octanol–water partition coefficient (Wildman–Crippen LogP) is 3.45. The number of aliphatic imine (C=N–C) groups is 1. The molecule has 0 radical (unpaired) electrons. The van der Waals surface area contributed by atoms with E-state index >= 15 is 0 Å². The third-order valence-electron chi connectivity index (χ3n) is 3.47. The van der Waals surface area contributed by atoms with Gasteiger partial charge in [-0.05, 0) is 36.1 Å². The van der Waals surface area contributed by atoms with E-state index in [4.69, 9.17) is 0 Å². The second-order valence-corrected chi connectivity index (χ2v) is 5.23. The van der Waals surface area contributed by atoms with Crippen LogP contribution in [0.2, 0.25) is 0 Å². The summed E-state index contributed by atoms with van der Waals surface area (Å²) in [7, 11) is 1.70. The summed E-state index contributed by atoms with van der Waals surface area (Å²) in [5.41, 5.74) is 2.06. The molecule has 130 valence electrons. The highest BCUT2D eigenvalue weighted by molar-refractivity contribution is 14.0. The molecule has 0 spiro atoms. The smallest absolute Gasteiger partial charge is 0.191 e. The van der Waals surface area contributed by atoms with Crippen molar-refractivity contribution in [2.24, 2.45) is 4.99 Å². The molecule has 2 rings (SSSR count). The monoisotopic (exact) mass is 443 g/mol. The van der Waals surface area contributed by atoms with Crippen LogP contribution in [0.15, 0.2) is 53.5 Å². The zero-order valence-corrected chi connectivity index (χ0v) is 16.0. The van der Waals surface area contributed by atoms with Crippen LogP contribution in [0.5, 0.6) is 5.75 Å². The highest BCUT2D eigenvalue weighted by atomic mass is 127. The van der Waals surface area contributed by atoms with E-state index in [1.54, 1.807) is 13.1 Å². The summed E-state index contributed by atoms with van der Waals surface area (Å²) >= 11 is 0. The normalized spacial score (nSPS) is 10.8. The lowest BCUT2D eigenvalue weighted by molar-refractivity contribution is 0.431. The van der Waals surface area contributed by atoms with Crippen molar-refractivity contribution in [3.8, 4) is 5.75 Å². The van der Waals surface area contributed by atoms with Crippen LogP contribution >= 0.6 is 24.0 Å². The number of halogens is 2. The van der Waals surface area contributed by atoms with Gasteiger partial charge in [0.2, 0.25) is 0 Å². The Morgan fingerprint density at radius 1 is 1.08 bits per heavy atom. The number of phenols is 1. The summed E-state index contributed by atoms with van der Waals surface area (Å²) in [4.78, 5) is 4.14. The van der Waals surface area contributed by atoms with Crippen molar-refractivity contribution >= 4 is 29.9 Å². The van der Waals surface area contributed by atoms with Crippen molar-refractivity contribution < 1.29 is 9.50 Å². The Hall–Kier alpha value is -1.83. The molecule has 0 unspecified atom stereocenters. The fourth-order valence-electron chi connectivity index (χ4n) is 2.21. The van der Waals surface area contributed by atoms with E-state index in [0.717, 1.165) is 24.9 Å². The fourth-order valence-corrected chi connectivity index (χ4v) is 2.21. The van der Waals surface area contributed by atoms with Gasteiger partial charge in [0.1, 0.15) is 0 Å². The summed E-state index contributed by atoms with van der Waals surface area (Å²) in [6, 6.07) is 14.7. The first-order valence-electron chi connectivity index (χ1n) is 7.65. The Labute approximate surface area is 159 Å². The number of hydrogen-bond donors (Lipinski definition) is 3. The highest BCUT2D eigenvalue weighted by Crippen LogP contribution is 2.15. The lowest BCUT2D eigenvalue weighted by Crippen LogP contribution is -2.37. The molecule has 0 saturated carbocycles. The van der Waals surface area contributed by atoms with Crippen LogP contribution in [0.4, 0.5) is 4.39 Å². The molecular weight excluding hydrogens is 420 g/mol. The maximum Gasteiger partial charge on any atom is 0.191 e.